The van der Waals surface area contributed by atoms with Gasteiger partial charge in [0.1, 0.15) is 0 Å². The van der Waals surface area contributed by atoms with Gasteiger partial charge in [0.15, 0.2) is 0 Å². The van der Waals surface area contributed by atoms with E-state index in [0.717, 1.165) is 12.2 Å². The number of fused-ring (bicyclic) bond motifs is 1. The van der Waals surface area contributed by atoms with Crippen molar-refractivity contribution in [3.63, 3.8) is 0 Å². The zero-order chi connectivity index (χ0) is 12.4. The Morgan fingerprint density at radius 3 is 2.56 bits per heavy atom. The number of benzene rings is 2. The van der Waals surface area contributed by atoms with Crippen LogP contribution in [0, 0.1) is 5.41 Å². The highest BCUT2D eigenvalue weighted by molar-refractivity contribution is 5.85. The van der Waals surface area contributed by atoms with Crippen molar-refractivity contribution in [3.05, 3.63) is 42.5 Å². The van der Waals surface area contributed by atoms with Crippen LogP contribution in [-0.2, 0) is 4.74 Å². The molecule has 3 heteroatoms. The molecule has 2 aromatic rings. The predicted octanol–water partition coefficient (Wildman–Crippen LogP) is 2.26. The lowest BCUT2D eigenvalue weighted by Gasteiger charge is -2.40. The van der Waals surface area contributed by atoms with Gasteiger partial charge in [0.25, 0.3) is 0 Å². The molecule has 1 heterocycles. The van der Waals surface area contributed by atoms with Gasteiger partial charge in [-0.25, -0.2) is 0 Å². The van der Waals surface area contributed by atoms with E-state index >= 15 is 0 Å². The monoisotopic (exact) mass is 243 g/mol. The van der Waals surface area contributed by atoms with Crippen molar-refractivity contribution in [2.45, 2.75) is 0 Å². The summed E-state index contributed by atoms with van der Waals surface area (Å²) in [4.78, 5) is 0. The van der Waals surface area contributed by atoms with Gasteiger partial charge in [-0.15, -0.1) is 0 Å². The first-order valence-electron chi connectivity index (χ1n) is 6.23. The zero-order valence-electron chi connectivity index (χ0n) is 10.2. The van der Waals surface area contributed by atoms with Crippen molar-refractivity contribution in [1.29, 1.82) is 0 Å². The van der Waals surface area contributed by atoms with E-state index in [-0.39, 0.29) is 12.0 Å². The number of nitrogens with one attached hydrogen (secondary N) is 1. The molecule has 94 valence electrons. The molecule has 1 saturated heterocycles. The molecule has 0 saturated carbocycles. The second kappa shape index (κ2) is 4.59. The Hall–Kier alpha value is -1.58. The second-order valence-electron chi connectivity index (χ2n) is 5.07. The smallest absolute Gasteiger partial charge is 0.0584 e. The van der Waals surface area contributed by atoms with Crippen LogP contribution in [-0.4, -0.2) is 31.5 Å². The molecule has 0 aromatic heterocycles. The molecule has 0 aliphatic carbocycles. The molecule has 1 aliphatic rings. The molecule has 0 amide bonds. The van der Waals surface area contributed by atoms with Crippen LogP contribution in [0.3, 0.4) is 0 Å². The minimum absolute atomic E-state index is 0.0916. The zero-order valence-corrected chi connectivity index (χ0v) is 10.2. The van der Waals surface area contributed by atoms with Crippen LogP contribution >= 0.6 is 0 Å². The van der Waals surface area contributed by atoms with Gasteiger partial charge in [-0.05, 0) is 22.9 Å². The van der Waals surface area contributed by atoms with Gasteiger partial charge in [0.05, 0.1) is 25.2 Å². The SMILES string of the molecule is OCC1(CNc2ccc3ccccc3c2)COC1. The lowest BCUT2D eigenvalue weighted by Crippen LogP contribution is -2.50. The van der Waals surface area contributed by atoms with Crippen molar-refractivity contribution >= 4 is 16.5 Å². The van der Waals surface area contributed by atoms with Crippen molar-refractivity contribution in [1.82, 2.24) is 0 Å². The van der Waals surface area contributed by atoms with Gasteiger partial charge >= 0.3 is 0 Å². The Kier molecular flexibility index (Phi) is 2.94. The average Bonchev–Trinajstić information content (AvgIpc) is 2.38. The third-order valence-electron chi connectivity index (χ3n) is 3.57. The van der Waals surface area contributed by atoms with Gasteiger partial charge in [-0.1, -0.05) is 30.3 Å². The van der Waals surface area contributed by atoms with Crippen LogP contribution in [0.15, 0.2) is 42.5 Å². The van der Waals surface area contributed by atoms with Gasteiger partial charge in [0, 0.05) is 12.2 Å². The van der Waals surface area contributed by atoms with Crippen LogP contribution in [0.5, 0.6) is 0 Å². The molecule has 0 atom stereocenters. The maximum absolute atomic E-state index is 9.37. The number of ether oxygens (including phenoxy) is 1. The van der Waals surface area contributed by atoms with Crippen LogP contribution in [0.2, 0.25) is 0 Å². The number of anilines is 1. The molecule has 3 rings (SSSR count). The highest BCUT2D eigenvalue weighted by Crippen LogP contribution is 2.27. The predicted molar refractivity (Wildman–Crippen MR) is 72.8 cm³/mol. The Labute approximate surface area is 106 Å². The molecule has 2 aromatic carbocycles. The third kappa shape index (κ3) is 2.07. The first-order chi connectivity index (χ1) is 8.81. The fraction of sp³-hybridized carbons (Fsp3) is 0.333. The van der Waals surface area contributed by atoms with Gasteiger partial charge in [-0.3, -0.25) is 0 Å². The quantitative estimate of drug-likeness (QED) is 0.865. The fourth-order valence-electron chi connectivity index (χ4n) is 2.23. The largest absolute Gasteiger partial charge is 0.396 e. The second-order valence-corrected chi connectivity index (χ2v) is 5.07. The molecule has 1 fully saturated rings. The summed E-state index contributed by atoms with van der Waals surface area (Å²) < 4.78 is 5.19. The lowest BCUT2D eigenvalue weighted by atomic mass is 9.87. The van der Waals surface area contributed by atoms with E-state index in [4.69, 9.17) is 4.74 Å². The van der Waals surface area contributed by atoms with Crippen molar-refractivity contribution in [3.8, 4) is 0 Å². The maximum Gasteiger partial charge on any atom is 0.0584 e. The van der Waals surface area contributed by atoms with E-state index in [1.807, 2.05) is 12.1 Å². The molecular formula is C15H17NO2. The fourth-order valence-corrected chi connectivity index (χ4v) is 2.23. The number of aliphatic hydroxyl groups is 1. The highest BCUT2D eigenvalue weighted by atomic mass is 16.5. The number of hydrogen-bond donors (Lipinski definition) is 2. The maximum atomic E-state index is 9.37. The number of hydrogen-bond acceptors (Lipinski definition) is 3. The Balaban J connectivity index is 1.74. The molecule has 0 radical (unpaired) electrons. The van der Waals surface area contributed by atoms with Gasteiger partial charge < -0.3 is 15.2 Å². The summed E-state index contributed by atoms with van der Waals surface area (Å²) in [7, 11) is 0. The summed E-state index contributed by atoms with van der Waals surface area (Å²) in [5.41, 5.74) is 1.000. The summed E-state index contributed by atoms with van der Waals surface area (Å²) in [6, 6.07) is 14.6. The van der Waals surface area contributed by atoms with Crippen LogP contribution in [0.4, 0.5) is 5.69 Å². The van der Waals surface area contributed by atoms with E-state index in [0.29, 0.717) is 13.2 Å². The lowest BCUT2D eigenvalue weighted by molar-refractivity contribution is -0.128. The first-order valence-corrected chi connectivity index (χ1v) is 6.23. The molecule has 0 unspecified atom stereocenters. The normalized spacial score (nSPS) is 17.4. The molecular weight excluding hydrogens is 226 g/mol. The van der Waals surface area contributed by atoms with Gasteiger partial charge in [-0.2, -0.15) is 0 Å². The molecule has 0 spiro atoms. The summed E-state index contributed by atoms with van der Waals surface area (Å²) in [6.07, 6.45) is 0. The van der Waals surface area contributed by atoms with E-state index in [9.17, 15) is 5.11 Å². The molecule has 2 N–H and O–H groups in total. The van der Waals surface area contributed by atoms with E-state index in [2.05, 4.69) is 35.6 Å². The molecule has 1 aliphatic heterocycles. The average molecular weight is 243 g/mol. The standard InChI is InChI=1S/C15H17NO2/c17-9-15(10-18-11-15)8-16-14-6-5-12-3-1-2-4-13(12)7-14/h1-7,16-17H,8-11H2. The van der Waals surface area contributed by atoms with Crippen LogP contribution in [0.25, 0.3) is 10.8 Å². The third-order valence-corrected chi connectivity index (χ3v) is 3.57. The Morgan fingerprint density at radius 1 is 1.11 bits per heavy atom. The summed E-state index contributed by atoms with van der Waals surface area (Å²) >= 11 is 0. The van der Waals surface area contributed by atoms with Crippen LogP contribution < -0.4 is 5.32 Å². The summed E-state index contributed by atoms with van der Waals surface area (Å²) in [5.74, 6) is 0. The Bertz CT molecular complexity index is 543. The first kappa shape index (κ1) is 11.5. The topological polar surface area (TPSA) is 41.5 Å². The van der Waals surface area contributed by atoms with E-state index in [1.54, 1.807) is 0 Å². The Morgan fingerprint density at radius 2 is 1.89 bits per heavy atom. The van der Waals surface area contributed by atoms with E-state index in [1.165, 1.54) is 10.8 Å². The molecule has 0 bridgehead atoms. The summed E-state index contributed by atoms with van der Waals surface area (Å²) in [6.45, 7) is 2.21. The summed E-state index contributed by atoms with van der Waals surface area (Å²) in [5, 5.41) is 15.2. The minimum atomic E-state index is -0.0916. The highest BCUT2D eigenvalue weighted by Gasteiger charge is 2.37. The molecule has 3 nitrogen and oxygen atoms in total. The van der Waals surface area contributed by atoms with Crippen molar-refractivity contribution in [2.75, 3.05) is 31.7 Å². The van der Waals surface area contributed by atoms with Crippen molar-refractivity contribution in [2.24, 2.45) is 5.41 Å². The van der Waals surface area contributed by atoms with Gasteiger partial charge in [0.2, 0.25) is 0 Å². The number of rotatable bonds is 4. The minimum Gasteiger partial charge on any atom is -0.396 e. The van der Waals surface area contributed by atoms with Crippen LogP contribution in [0.1, 0.15) is 0 Å². The number of aliphatic hydroxyl groups excluding tert-OH is 1. The van der Waals surface area contributed by atoms with E-state index < -0.39 is 0 Å². The molecule has 18 heavy (non-hydrogen) atoms. The van der Waals surface area contributed by atoms with Crippen molar-refractivity contribution < 1.29 is 9.84 Å².